The topological polar surface area (TPSA) is 78.5 Å². The minimum atomic E-state index is -0.717. The molecule has 0 saturated heterocycles. The molecule has 5 rings (SSSR count). The third-order valence-corrected chi connectivity index (χ3v) is 5.33. The number of fused-ring (bicyclic) bond motifs is 2. The number of carbonyl (C=O) groups excluding carboxylic acids is 1. The van der Waals surface area contributed by atoms with Crippen LogP contribution in [0.1, 0.15) is 10.4 Å². The molecule has 1 atom stereocenters. The highest BCUT2D eigenvalue weighted by molar-refractivity contribution is 6.11. The van der Waals surface area contributed by atoms with E-state index in [4.69, 9.17) is 9.47 Å². The van der Waals surface area contributed by atoms with Crippen LogP contribution >= 0.6 is 0 Å². The van der Waals surface area contributed by atoms with E-state index in [1.807, 2.05) is 54.2 Å². The molecule has 7 heteroatoms. The number of Topliss-reactive ketones (excluding diaryl/α,β-unsaturated/α-hetero) is 1. The second kappa shape index (κ2) is 7.35. The van der Waals surface area contributed by atoms with Crippen LogP contribution in [-0.4, -0.2) is 44.6 Å². The minimum absolute atomic E-state index is 0.0229. The molecule has 0 saturated carbocycles. The Labute approximate surface area is 173 Å². The molecule has 2 aromatic heterocycles. The van der Waals surface area contributed by atoms with Crippen LogP contribution in [0.3, 0.4) is 0 Å². The van der Waals surface area contributed by atoms with E-state index in [2.05, 4.69) is 5.10 Å². The first-order chi connectivity index (χ1) is 14.6. The first kappa shape index (κ1) is 18.4. The van der Waals surface area contributed by atoms with Gasteiger partial charge in [-0.1, -0.05) is 24.3 Å². The molecule has 0 radical (unpaired) electrons. The van der Waals surface area contributed by atoms with Crippen LogP contribution in [0.4, 0.5) is 0 Å². The Morgan fingerprint density at radius 1 is 1.17 bits per heavy atom. The molecule has 152 valence electrons. The van der Waals surface area contributed by atoms with Crippen LogP contribution in [0.5, 0.6) is 11.5 Å². The molecule has 0 spiro atoms. The molecule has 1 N–H and O–H groups in total. The second-order valence-corrected chi connectivity index (χ2v) is 7.32. The third kappa shape index (κ3) is 3.13. The summed E-state index contributed by atoms with van der Waals surface area (Å²) in [6.45, 7) is 0.534. The van der Waals surface area contributed by atoms with Gasteiger partial charge in [-0.15, -0.1) is 0 Å². The average Bonchev–Trinajstić information content (AvgIpc) is 3.37. The van der Waals surface area contributed by atoms with Gasteiger partial charge >= 0.3 is 0 Å². The Bertz CT molecular complexity index is 1240. The van der Waals surface area contributed by atoms with Crippen LogP contribution in [-0.2, 0) is 13.6 Å². The lowest BCUT2D eigenvalue weighted by Gasteiger charge is -2.25. The fourth-order valence-electron chi connectivity index (χ4n) is 3.85. The van der Waals surface area contributed by atoms with Gasteiger partial charge in [-0.2, -0.15) is 5.10 Å². The van der Waals surface area contributed by atoms with E-state index >= 15 is 0 Å². The fourth-order valence-corrected chi connectivity index (χ4v) is 3.85. The Morgan fingerprint density at radius 2 is 2.00 bits per heavy atom. The number of aromatic nitrogens is 3. The van der Waals surface area contributed by atoms with Gasteiger partial charge in [-0.25, -0.2) is 0 Å². The number of aliphatic hydroxyl groups excluding tert-OH is 1. The molecule has 7 nitrogen and oxygen atoms in total. The summed E-state index contributed by atoms with van der Waals surface area (Å²) in [6, 6.07) is 13.3. The van der Waals surface area contributed by atoms with Gasteiger partial charge in [0.2, 0.25) is 5.78 Å². The Balaban J connectivity index is 1.53. The number of nitrogens with zero attached hydrogens (tertiary/aromatic N) is 3. The summed E-state index contributed by atoms with van der Waals surface area (Å²) in [5, 5.41) is 14.6. The van der Waals surface area contributed by atoms with Gasteiger partial charge < -0.3 is 19.1 Å². The van der Waals surface area contributed by atoms with E-state index in [1.165, 1.54) is 0 Å². The van der Waals surface area contributed by atoms with Crippen LogP contribution in [0.2, 0.25) is 0 Å². The summed E-state index contributed by atoms with van der Waals surface area (Å²) in [7, 11) is 1.87. The highest BCUT2D eigenvalue weighted by Crippen LogP contribution is 2.33. The standard InChI is InChI=1S/C23H21N3O4/c1-25-12-16(11-24-25)15-6-7-17-18(13-26(8-9-27)19(17)10-15)23(28)22-14-29-20-4-2-3-5-21(20)30-22/h2-7,10-13,22,27H,8-9,14H2,1H3. The Morgan fingerprint density at radius 3 is 2.77 bits per heavy atom. The molecular weight excluding hydrogens is 382 g/mol. The predicted octanol–water partition coefficient (Wildman–Crippen LogP) is 3.06. The second-order valence-electron chi connectivity index (χ2n) is 7.32. The van der Waals surface area contributed by atoms with E-state index in [0.717, 1.165) is 22.0 Å². The zero-order valence-electron chi connectivity index (χ0n) is 16.5. The molecular formula is C23H21N3O4. The lowest BCUT2D eigenvalue weighted by atomic mass is 10.0. The quantitative estimate of drug-likeness (QED) is 0.518. The van der Waals surface area contributed by atoms with Crippen molar-refractivity contribution in [3.05, 3.63) is 66.6 Å². The lowest BCUT2D eigenvalue weighted by molar-refractivity contribution is 0.0587. The Hall–Kier alpha value is -3.58. The minimum Gasteiger partial charge on any atom is -0.485 e. The maximum Gasteiger partial charge on any atom is 0.209 e. The fraction of sp³-hybridized carbons (Fsp3) is 0.217. The molecule has 1 aliphatic heterocycles. The van der Waals surface area contributed by atoms with Crippen molar-refractivity contribution < 1.29 is 19.4 Å². The number of hydrogen-bond acceptors (Lipinski definition) is 5. The van der Waals surface area contributed by atoms with E-state index in [1.54, 1.807) is 23.1 Å². The van der Waals surface area contributed by atoms with Crippen molar-refractivity contribution in [1.82, 2.24) is 14.3 Å². The van der Waals surface area contributed by atoms with Gasteiger partial charge in [-0.05, 0) is 23.8 Å². The molecule has 1 aliphatic rings. The maximum atomic E-state index is 13.3. The molecule has 4 aromatic rings. The molecule has 30 heavy (non-hydrogen) atoms. The van der Waals surface area contributed by atoms with Crippen molar-refractivity contribution in [2.24, 2.45) is 7.05 Å². The van der Waals surface area contributed by atoms with Crippen LogP contribution in [0.25, 0.3) is 22.0 Å². The van der Waals surface area contributed by atoms with Gasteiger partial charge in [0.25, 0.3) is 0 Å². The van der Waals surface area contributed by atoms with Crippen molar-refractivity contribution >= 4 is 16.7 Å². The molecule has 0 fully saturated rings. The van der Waals surface area contributed by atoms with Crippen molar-refractivity contribution in [3.63, 3.8) is 0 Å². The van der Waals surface area contributed by atoms with Gasteiger partial charge in [0, 0.05) is 48.0 Å². The maximum absolute atomic E-state index is 13.3. The summed E-state index contributed by atoms with van der Waals surface area (Å²) < 4.78 is 15.3. The number of rotatable bonds is 5. The normalized spacial score (nSPS) is 15.5. The highest BCUT2D eigenvalue weighted by Gasteiger charge is 2.30. The molecule has 1 unspecified atom stereocenters. The number of ether oxygens (including phenoxy) is 2. The van der Waals surface area contributed by atoms with Crippen molar-refractivity contribution in [2.75, 3.05) is 13.2 Å². The SMILES string of the molecule is Cn1cc(-c2ccc3c(C(=O)C4COc5ccccc5O4)cn(CCO)c3c2)cn1. The number of para-hydroxylation sites is 2. The highest BCUT2D eigenvalue weighted by atomic mass is 16.6. The number of carbonyl (C=O) groups is 1. The summed E-state index contributed by atoms with van der Waals surface area (Å²) in [5.41, 5.74) is 3.43. The van der Waals surface area contributed by atoms with E-state index in [0.29, 0.717) is 23.6 Å². The summed E-state index contributed by atoms with van der Waals surface area (Å²) in [6.07, 6.45) is 4.82. The molecule has 0 bridgehead atoms. The number of benzene rings is 2. The monoisotopic (exact) mass is 403 g/mol. The van der Waals surface area contributed by atoms with Crippen LogP contribution in [0.15, 0.2) is 61.1 Å². The number of aryl methyl sites for hydroxylation is 1. The zero-order valence-corrected chi connectivity index (χ0v) is 16.5. The first-order valence-corrected chi connectivity index (χ1v) is 9.79. The molecule has 0 aliphatic carbocycles. The van der Waals surface area contributed by atoms with E-state index in [-0.39, 0.29) is 19.0 Å². The summed E-state index contributed by atoms with van der Waals surface area (Å²) >= 11 is 0. The first-order valence-electron chi connectivity index (χ1n) is 9.79. The molecule has 2 aromatic carbocycles. The Kier molecular flexibility index (Phi) is 4.52. The summed E-state index contributed by atoms with van der Waals surface area (Å²) in [4.78, 5) is 13.3. The number of hydrogen-bond donors (Lipinski definition) is 1. The predicted molar refractivity (Wildman–Crippen MR) is 112 cm³/mol. The average molecular weight is 403 g/mol. The van der Waals surface area contributed by atoms with Crippen molar-refractivity contribution in [1.29, 1.82) is 0 Å². The number of ketones is 1. The van der Waals surface area contributed by atoms with Crippen molar-refractivity contribution in [3.8, 4) is 22.6 Å². The smallest absolute Gasteiger partial charge is 0.209 e. The van der Waals surface area contributed by atoms with Gasteiger partial charge in [0.15, 0.2) is 17.6 Å². The van der Waals surface area contributed by atoms with Gasteiger partial charge in [0.05, 0.1) is 12.8 Å². The third-order valence-electron chi connectivity index (χ3n) is 5.33. The van der Waals surface area contributed by atoms with Crippen LogP contribution < -0.4 is 9.47 Å². The van der Waals surface area contributed by atoms with Crippen LogP contribution in [0, 0.1) is 0 Å². The largest absolute Gasteiger partial charge is 0.485 e. The van der Waals surface area contributed by atoms with Crippen molar-refractivity contribution in [2.45, 2.75) is 12.6 Å². The van der Waals surface area contributed by atoms with Gasteiger partial charge in [-0.3, -0.25) is 9.48 Å². The molecule has 3 heterocycles. The van der Waals surface area contributed by atoms with E-state index in [9.17, 15) is 9.90 Å². The number of aliphatic hydroxyl groups is 1. The molecule has 0 amide bonds. The van der Waals surface area contributed by atoms with E-state index < -0.39 is 6.10 Å². The van der Waals surface area contributed by atoms with Gasteiger partial charge in [0.1, 0.15) is 6.61 Å². The summed E-state index contributed by atoms with van der Waals surface area (Å²) in [5.74, 6) is 1.07. The lowest BCUT2D eigenvalue weighted by Crippen LogP contribution is -2.36. The zero-order chi connectivity index (χ0) is 20.7.